The van der Waals surface area contributed by atoms with Crippen LogP contribution in [0.1, 0.15) is 21.5 Å². The van der Waals surface area contributed by atoms with Crippen molar-refractivity contribution in [2.24, 2.45) is 0 Å². The van der Waals surface area contributed by atoms with Crippen LogP contribution in [0.4, 0.5) is 22.5 Å². The zero-order valence-corrected chi connectivity index (χ0v) is 23.8. The predicted molar refractivity (Wildman–Crippen MR) is 158 cm³/mol. The molecule has 0 saturated carbocycles. The van der Waals surface area contributed by atoms with E-state index in [0.29, 0.717) is 75.3 Å². The molecule has 13 heteroatoms. The number of ether oxygens (including phenoxy) is 1. The smallest absolute Gasteiger partial charge is 0.323 e. The Bertz CT molecular complexity index is 1420. The molecule has 2 aromatic heterocycles. The van der Waals surface area contributed by atoms with Crippen LogP contribution in [-0.4, -0.2) is 114 Å². The molecule has 3 N–H and O–H groups in total. The van der Waals surface area contributed by atoms with E-state index in [1.54, 1.807) is 17.3 Å². The van der Waals surface area contributed by atoms with Crippen molar-refractivity contribution < 1.29 is 14.3 Å². The van der Waals surface area contributed by atoms with Gasteiger partial charge in [-0.1, -0.05) is 12.1 Å². The number of likely N-dealkylation sites (N-methyl/N-ethyl adjacent to an activating group) is 1. The van der Waals surface area contributed by atoms with E-state index in [1.807, 2.05) is 29.2 Å². The fraction of sp³-hybridized carbons (Fsp3) is 0.448. The first-order valence-corrected chi connectivity index (χ1v) is 14.4. The van der Waals surface area contributed by atoms with E-state index < -0.39 is 0 Å². The van der Waals surface area contributed by atoms with Crippen LogP contribution in [0.25, 0.3) is 11.3 Å². The number of carbonyl (C=O) groups excluding carboxylic acids is 2. The zero-order valence-electron chi connectivity index (χ0n) is 23.8. The number of hydrogen-bond donors (Lipinski definition) is 2. The van der Waals surface area contributed by atoms with E-state index in [1.165, 1.54) is 0 Å². The normalized spacial score (nSPS) is 17.3. The van der Waals surface area contributed by atoms with Crippen LogP contribution in [0.3, 0.4) is 0 Å². The number of amides is 3. The van der Waals surface area contributed by atoms with Crippen molar-refractivity contribution in [2.75, 3.05) is 88.2 Å². The minimum absolute atomic E-state index is 0.0685. The number of nitrogen functional groups attached to an aromatic ring is 1. The standard InChI is InChI=1S/C29H36N10O3/c1-36-10-12-37(13-11-36)26(40)21-4-2-20(3-5-21)6-8-31-29(41)39-9-7-23-24(22-18-32-27(30)33-19-22)34-28(35-25(23)39)38-14-16-42-17-15-38/h2-5,18-19H,6-17H2,1H3,(H,31,41)(H2,30,32,33). The molecule has 0 spiro atoms. The first kappa shape index (κ1) is 27.8. The van der Waals surface area contributed by atoms with Crippen LogP contribution in [0.15, 0.2) is 36.7 Å². The molecule has 13 nitrogen and oxygen atoms in total. The Morgan fingerprint density at radius 1 is 0.952 bits per heavy atom. The SMILES string of the molecule is CN1CCN(C(=O)c2ccc(CCNC(=O)N3CCc4c(-c5cnc(N)nc5)nc(N5CCOCC5)nc43)cc2)CC1. The summed E-state index contributed by atoms with van der Waals surface area (Å²) >= 11 is 0. The van der Waals surface area contributed by atoms with Gasteiger partial charge in [-0.05, 0) is 37.6 Å². The van der Waals surface area contributed by atoms with E-state index in [-0.39, 0.29) is 17.9 Å². The summed E-state index contributed by atoms with van der Waals surface area (Å²) in [6, 6.07) is 7.47. The van der Waals surface area contributed by atoms with Crippen LogP contribution in [0.2, 0.25) is 0 Å². The summed E-state index contributed by atoms with van der Waals surface area (Å²) in [5.74, 6) is 1.41. The lowest BCUT2D eigenvalue weighted by Crippen LogP contribution is -2.47. The third-order valence-electron chi connectivity index (χ3n) is 7.98. The minimum atomic E-state index is -0.207. The Morgan fingerprint density at radius 3 is 2.38 bits per heavy atom. The molecule has 0 aliphatic carbocycles. The van der Waals surface area contributed by atoms with Crippen LogP contribution < -0.4 is 20.9 Å². The maximum absolute atomic E-state index is 13.3. The number of nitrogens with two attached hydrogens (primary N) is 1. The molecule has 0 unspecified atom stereocenters. The van der Waals surface area contributed by atoms with Gasteiger partial charge < -0.3 is 30.5 Å². The highest BCUT2D eigenvalue weighted by Crippen LogP contribution is 2.35. The Labute approximate surface area is 244 Å². The molecule has 1 aromatic carbocycles. The van der Waals surface area contributed by atoms with Gasteiger partial charge in [0, 0.05) is 81.4 Å². The molecular weight excluding hydrogens is 536 g/mol. The molecule has 3 amide bonds. The third kappa shape index (κ3) is 5.97. The van der Waals surface area contributed by atoms with E-state index in [9.17, 15) is 9.59 Å². The number of morpholine rings is 1. The summed E-state index contributed by atoms with van der Waals surface area (Å²) in [6.45, 7) is 6.75. The number of urea groups is 1. The Hall–Kier alpha value is -4.36. The lowest BCUT2D eigenvalue weighted by atomic mass is 10.1. The monoisotopic (exact) mass is 572 g/mol. The van der Waals surface area contributed by atoms with Gasteiger partial charge in [-0.2, -0.15) is 4.98 Å². The number of carbonyl (C=O) groups is 2. The molecule has 0 radical (unpaired) electrons. The largest absolute Gasteiger partial charge is 0.378 e. The van der Waals surface area contributed by atoms with E-state index in [2.05, 4.69) is 32.1 Å². The van der Waals surface area contributed by atoms with Crippen molar-refractivity contribution in [2.45, 2.75) is 12.8 Å². The van der Waals surface area contributed by atoms with Gasteiger partial charge in [-0.15, -0.1) is 0 Å². The number of piperazine rings is 1. The molecule has 5 heterocycles. The average Bonchev–Trinajstić information content (AvgIpc) is 3.46. The van der Waals surface area contributed by atoms with Crippen molar-refractivity contribution in [3.63, 3.8) is 0 Å². The van der Waals surface area contributed by atoms with Gasteiger partial charge >= 0.3 is 6.03 Å². The zero-order chi connectivity index (χ0) is 29.1. The van der Waals surface area contributed by atoms with E-state index >= 15 is 0 Å². The van der Waals surface area contributed by atoms with Gasteiger partial charge in [0.1, 0.15) is 5.82 Å². The van der Waals surface area contributed by atoms with E-state index in [4.69, 9.17) is 20.4 Å². The molecular formula is C29H36N10O3. The van der Waals surface area contributed by atoms with Gasteiger partial charge in [0.05, 0.1) is 18.9 Å². The first-order chi connectivity index (χ1) is 20.5. The van der Waals surface area contributed by atoms with Crippen LogP contribution in [0, 0.1) is 0 Å². The number of benzene rings is 1. The highest BCUT2D eigenvalue weighted by Gasteiger charge is 2.32. The Morgan fingerprint density at radius 2 is 1.67 bits per heavy atom. The molecule has 3 aliphatic heterocycles. The van der Waals surface area contributed by atoms with Gasteiger partial charge in [-0.3, -0.25) is 9.69 Å². The minimum Gasteiger partial charge on any atom is -0.378 e. The second-order valence-corrected chi connectivity index (χ2v) is 10.8. The van der Waals surface area contributed by atoms with Crippen molar-refractivity contribution in [1.82, 2.24) is 35.1 Å². The third-order valence-corrected chi connectivity index (χ3v) is 7.98. The molecule has 2 fully saturated rings. The van der Waals surface area contributed by atoms with Crippen molar-refractivity contribution in [3.05, 3.63) is 53.3 Å². The van der Waals surface area contributed by atoms with Crippen molar-refractivity contribution in [3.8, 4) is 11.3 Å². The molecule has 42 heavy (non-hydrogen) atoms. The molecule has 0 bridgehead atoms. The number of aromatic nitrogens is 4. The number of anilines is 3. The highest BCUT2D eigenvalue weighted by molar-refractivity contribution is 5.95. The van der Waals surface area contributed by atoms with E-state index in [0.717, 1.165) is 42.9 Å². The maximum Gasteiger partial charge on any atom is 0.323 e. The number of fused-ring (bicyclic) bond motifs is 1. The summed E-state index contributed by atoms with van der Waals surface area (Å²) in [7, 11) is 2.07. The Kier molecular flexibility index (Phi) is 8.11. The average molecular weight is 573 g/mol. The summed E-state index contributed by atoms with van der Waals surface area (Å²) in [5, 5.41) is 3.04. The fourth-order valence-corrected chi connectivity index (χ4v) is 5.46. The number of nitrogens with one attached hydrogen (secondary N) is 1. The predicted octanol–water partition coefficient (Wildman–Crippen LogP) is 1.05. The first-order valence-electron chi connectivity index (χ1n) is 14.4. The molecule has 3 aliphatic rings. The Balaban J connectivity index is 1.12. The fourth-order valence-electron chi connectivity index (χ4n) is 5.46. The van der Waals surface area contributed by atoms with Gasteiger partial charge in [0.2, 0.25) is 11.9 Å². The molecule has 220 valence electrons. The molecule has 6 rings (SSSR count). The second kappa shape index (κ2) is 12.2. The second-order valence-electron chi connectivity index (χ2n) is 10.8. The maximum atomic E-state index is 13.3. The van der Waals surface area contributed by atoms with Gasteiger partial charge in [0.25, 0.3) is 5.91 Å². The summed E-state index contributed by atoms with van der Waals surface area (Å²) in [6.07, 6.45) is 4.57. The van der Waals surface area contributed by atoms with Gasteiger partial charge in [-0.25, -0.2) is 19.7 Å². The topological polar surface area (TPSA) is 146 Å². The van der Waals surface area contributed by atoms with Crippen LogP contribution in [-0.2, 0) is 17.6 Å². The number of hydrogen-bond acceptors (Lipinski definition) is 10. The summed E-state index contributed by atoms with van der Waals surface area (Å²) in [5.41, 5.74) is 9.79. The summed E-state index contributed by atoms with van der Waals surface area (Å²) < 4.78 is 5.51. The lowest BCUT2D eigenvalue weighted by Gasteiger charge is -2.32. The highest BCUT2D eigenvalue weighted by atomic mass is 16.5. The number of rotatable bonds is 6. The lowest BCUT2D eigenvalue weighted by molar-refractivity contribution is 0.0664. The summed E-state index contributed by atoms with van der Waals surface area (Å²) in [4.78, 5) is 52.1. The number of nitrogens with zero attached hydrogens (tertiary/aromatic N) is 8. The van der Waals surface area contributed by atoms with Crippen molar-refractivity contribution in [1.29, 1.82) is 0 Å². The van der Waals surface area contributed by atoms with Gasteiger partial charge in [0.15, 0.2) is 0 Å². The van der Waals surface area contributed by atoms with Crippen LogP contribution >= 0.6 is 0 Å². The molecule has 3 aromatic rings. The van der Waals surface area contributed by atoms with Crippen molar-refractivity contribution >= 4 is 29.7 Å². The quantitative estimate of drug-likeness (QED) is 0.440. The molecule has 0 atom stereocenters. The van der Waals surface area contributed by atoms with Crippen LogP contribution in [0.5, 0.6) is 0 Å². The molecule has 2 saturated heterocycles.